The first-order valence-electron chi connectivity index (χ1n) is 17.4. The number of aryl methyl sites for hydroxylation is 4. The molecule has 2 atom stereocenters. The van der Waals surface area contributed by atoms with Crippen molar-refractivity contribution < 1.29 is 30.5 Å². The molecule has 0 spiro atoms. The summed E-state index contributed by atoms with van der Waals surface area (Å²) in [5.41, 5.74) is 14.6. The van der Waals surface area contributed by atoms with Gasteiger partial charge in [0.1, 0.15) is 17.6 Å². The maximum Gasteiger partial charge on any atom is 2.00 e. The number of fused-ring (bicyclic) bond motifs is 8. The molecule has 50 heavy (non-hydrogen) atoms. The van der Waals surface area contributed by atoms with Crippen LogP contribution >= 0.6 is 0 Å². The molecule has 0 bridgehead atoms. The van der Waals surface area contributed by atoms with Gasteiger partial charge in [0, 0.05) is 28.5 Å². The molecule has 0 amide bonds. The van der Waals surface area contributed by atoms with Gasteiger partial charge in [-0.25, -0.2) is 4.98 Å². The fraction of sp³-hybridized carbons (Fsp3) is 0.318. The average molecular weight is 839 g/mol. The molecule has 0 N–H and O–H groups in total. The van der Waals surface area contributed by atoms with Crippen molar-refractivity contribution in [2.24, 2.45) is 4.99 Å². The molecule has 0 saturated carbocycles. The number of benzene rings is 4. The van der Waals surface area contributed by atoms with Crippen molar-refractivity contribution >= 4 is 27.8 Å². The van der Waals surface area contributed by atoms with Gasteiger partial charge in [0.25, 0.3) is 0 Å². The summed E-state index contributed by atoms with van der Waals surface area (Å²) in [5.74, 6) is 1.99. The minimum Gasteiger partial charge on any atom is -0.510 e. The van der Waals surface area contributed by atoms with E-state index in [2.05, 4.69) is 134 Å². The van der Waals surface area contributed by atoms with Gasteiger partial charge in [0.2, 0.25) is 0 Å². The molecule has 2 aliphatic heterocycles. The van der Waals surface area contributed by atoms with Crippen LogP contribution in [0.25, 0.3) is 27.6 Å². The number of aromatic nitrogens is 2. The van der Waals surface area contributed by atoms with Crippen LogP contribution in [0.3, 0.4) is 0 Å². The number of pyridine rings is 1. The minimum atomic E-state index is -0.227. The third-order valence-corrected chi connectivity index (χ3v) is 11.0. The van der Waals surface area contributed by atoms with Gasteiger partial charge < -0.3 is 14.0 Å². The summed E-state index contributed by atoms with van der Waals surface area (Å²) in [4.78, 5) is 10.1. The average Bonchev–Trinajstić information content (AvgIpc) is 3.71. The van der Waals surface area contributed by atoms with E-state index in [1.54, 1.807) is 0 Å². The van der Waals surface area contributed by atoms with Gasteiger partial charge in [-0.05, 0) is 58.1 Å². The van der Waals surface area contributed by atoms with E-state index < -0.39 is 0 Å². The molecule has 4 aromatic carbocycles. The van der Waals surface area contributed by atoms with Gasteiger partial charge in [0.05, 0.1) is 11.6 Å². The Hall–Kier alpha value is -4.21. The van der Waals surface area contributed by atoms with Gasteiger partial charge in [-0.3, -0.25) is 4.99 Å². The molecule has 0 radical (unpaired) electrons. The van der Waals surface area contributed by atoms with Crippen LogP contribution in [-0.4, -0.2) is 21.5 Å². The summed E-state index contributed by atoms with van der Waals surface area (Å²) in [5, 5.41) is 2.37. The maximum absolute atomic E-state index is 6.77. The molecule has 9 rings (SSSR count). The molecule has 2 aromatic heterocycles. The summed E-state index contributed by atoms with van der Waals surface area (Å²) >= 11 is 0. The van der Waals surface area contributed by atoms with Crippen molar-refractivity contribution in [2.75, 3.05) is 0 Å². The Morgan fingerprint density at radius 2 is 1.62 bits per heavy atom. The van der Waals surface area contributed by atoms with E-state index in [0.29, 0.717) is 17.4 Å². The number of nitrogens with zero attached hydrogens (tertiary/aromatic N) is 3. The van der Waals surface area contributed by atoms with E-state index in [1.807, 2.05) is 6.20 Å². The van der Waals surface area contributed by atoms with Crippen LogP contribution in [0.2, 0.25) is 0 Å². The Morgan fingerprint density at radius 1 is 0.880 bits per heavy atom. The topological polar surface area (TPSA) is 48.6 Å². The van der Waals surface area contributed by atoms with Crippen molar-refractivity contribution in [1.29, 1.82) is 0 Å². The van der Waals surface area contributed by atoms with Gasteiger partial charge in [-0.1, -0.05) is 115 Å². The van der Waals surface area contributed by atoms with Crippen LogP contribution < -0.4 is 4.74 Å². The molecule has 254 valence electrons. The summed E-state index contributed by atoms with van der Waals surface area (Å²) in [6, 6.07) is 27.3. The van der Waals surface area contributed by atoms with Crippen molar-refractivity contribution in [2.45, 2.75) is 91.7 Å². The summed E-state index contributed by atoms with van der Waals surface area (Å²) in [7, 11) is 0. The molecule has 0 saturated heterocycles. The monoisotopic (exact) mass is 838 g/mol. The molecule has 1 aliphatic carbocycles. The van der Waals surface area contributed by atoms with E-state index >= 15 is 0 Å². The predicted octanol–water partition coefficient (Wildman–Crippen LogP) is 10.2. The van der Waals surface area contributed by atoms with E-state index in [9.17, 15) is 0 Å². The first kappa shape index (κ1) is 33.0. The Kier molecular flexibility index (Phi) is 7.35. The number of rotatable bonds is 3. The van der Waals surface area contributed by atoms with Crippen molar-refractivity contribution in [3.63, 3.8) is 0 Å². The van der Waals surface area contributed by atoms with Crippen LogP contribution in [-0.2, 0) is 43.1 Å². The number of ether oxygens (including phenoxy) is 2. The Bertz CT molecular complexity index is 2450. The number of para-hydroxylation sites is 1. The second-order valence-electron chi connectivity index (χ2n) is 15.9. The standard InChI is InChI=1S/C44H41N3O2.Pt/c1-23-16-31-27-12-10-15-33-39(27)47(41(31)45-22-23)36-21-38(26(4)18-34(36)44(33,8)9)48-37-20-29(24(2)17-25(37)3)42-46-35-19-30-28(40(35)49-42)13-11-14-32(30)43(5,6)7;/h10-18,22,35,40H,19H2,1-9H3;/q-2;+2/t35-,40+;/m1./s1. The SMILES string of the molecule is Cc1cnc2c(c1)c1cccc3c1n2-c1[c-]c(Oc2[c-]c(C4=N[C@@H]5Cc6c(cccc6C(C)(C)C)[C@@H]5O4)c(C)cc2C)c(C)cc1C3(C)C.[Pt+2]. The minimum absolute atomic E-state index is 0. The third kappa shape index (κ3) is 4.69. The number of aliphatic imine (C=N–C) groups is 1. The van der Waals surface area contributed by atoms with Gasteiger partial charge in [-0.15, -0.1) is 28.8 Å². The third-order valence-electron chi connectivity index (χ3n) is 11.0. The van der Waals surface area contributed by atoms with E-state index in [1.165, 1.54) is 38.7 Å². The summed E-state index contributed by atoms with van der Waals surface area (Å²) < 4.78 is 15.7. The van der Waals surface area contributed by atoms with Gasteiger partial charge in [0.15, 0.2) is 0 Å². The first-order valence-corrected chi connectivity index (χ1v) is 17.4. The fourth-order valence-electron chi connectivity index (χ4n) is 8.50. The molecule has 4 heterocycles. The Balaban J connectivity index is 0.00000361. The van der Waals surface area contributed by atoms with Crippen molar-refractivity contribution in [3.8, 4) is 17.2 Å². The van der Waals surface area contributed by atoms with E-state index in [-0.39, 0.29) is 44.0 Å². The van der Waals surface area contributed by atoms with Crippen LogP contribution in [0.1, 0.15) is 96.4 Å². The zero-order valence-corrected chi connectivity index (χ0v) is 32.4. The zero-order chi connectivity index (χ0) is 34.1. The first-order chi connectivity index (χ1) is 23.3. The fourth-order valence-corrected chi connectivity index (χ4v) is 8.50. The number of hydrogen-bond donors (Lipinski definition) is 0. The molecule has 0 unspecified atom stereocenters. The largest absolute Gasteiger partial charge is 2.00 e. The zero-order valence-electron chi connectivity index (χ0n) is 30.1. The molecule has 5 nitrogen and oxygen atoms in total. The molecular formula is C44H41N3O2Pt. The van der Waals surface area contributed by atoms with E-state index in [4.69, 9.17) is 19.5 Å². The molecule has 3 aliphatic rings. The van der Waals surface area contributed by atoms with E-state index in [0.717, 1.165) is 51.0 Å². The van der Waals surface area contributed by atoms with Crippen LogP contribution in [0.5, 0.6) is 11.5 Å². The second kappa shape index (κ2) is 11.1. The quantitative estimate of drug-likeness (QED) is 0.167. The number of hydrogen-bond acceptors (Lipinski definition) is 4. The summed E-state index contributed by atoms with van der Waals surface area (Å²) in [6.45, 7) is 19.8. The van der Waals surface area contributed by atoms with Gasteiger partial charge >= 0.3 is 21.1 Å². The smallest absolute Gasteiger partial charge is 0.510 e. The normalized spacial score (nSPS) is 18.3. The van der Waals surface area contributed by atoms with Gasteiger partial charge in [-0.2, -0.15) is 6.07 Å². The summed E-state index contributed by atoms with van der Waals surface area (Å²) in [6.07, 6.45) is 2.77. The molecule has 0 fully saturated rings. The molecule has 6 heteroatoms. The Morgan fingerprint density at radius 3 is 2.40 bits per heavy atom. The van der Waals surface area contributed by atoms with Crippen LogP contribution in [0.15, 0.2) is 65.8 Å². The second-order valence-corrected chi connectivity index (χ2v) is 15.9. The molecular weight excluding hydrogens is 798 g/mol. The molecule has 6 aromatic rings. The predicted molar refractivity (Wildman–Crippen MR) is 197 cm³/mol. The van der Waals surface area contributed by atoms with Crippen LogP contribution in [0.4, 0.5) is 0 Å². The van der Waals surface area contributed by atoms with Crippen molar-refractivity contribution in [1.82, 2.24) is 9.55 Å². The Labute approximate surface area is 309 Å². The maximum atomic E-state index is 6.77. The van der Waals surface area contributed by atoms with Crippen LogP contribution in [0, 0.1) is 39.8 Å². The van der Waals surface area contributed by atoms with Crippen molar-refractivity contribution in [3.05, 3.63) is 129 Å².